The molecule has 1 N–H and O–H groups in total. The smallest absolute Gasteiger partial charge is 0.416 e. The minimum Gasteiger partial charge on any atom is -0.490 e. The molecule has 1 amide bonds. The number of rotatable bonds is 9. The monoisotopic (exact) mass is 656 g/mol. The molecule has 1 saturated carbocycles. The second-order valence-corrected chi connectivity index (χ2v) is 13.9. The third-order valence-corrected chi connectivity index (χ3v) is 10.2. The van der Waals surface area contributed by atoms with Gasteiger partial charge >= 0.3 is 6.18 Å². The molecule has 0 atom stereocenters. The Kier molecular flexibility index (Phi) is 8.94. The van der Waals surface area contributed by atoms with E-state index in [4.69, 9.17) is 9.72 Å². The number of nitrogens with zero attached hydrogens (tertiary/aromatic N) is 3. The molecular weight excluding hydrogens is 613 g/mol. The lowest BCUT2D eigenvalue weighted by Gasteiger charge is -2.37. The molecule has 2 saturated heterocycles. The zero-order valence-electron chi connectivity index (χ0n) is 27.7. The van der Waals surface area contributed by atoms with E-state index in [1.54, 1.807) is 6.07 Å². The van der Waals surface area contributed by atoms with E-state index < -0.39 is 17.3 Å². The number of alkyl halides is 3. The van der Waals surface area contributed by atoms with Crippen LogP contribution in [0.1, 0.15) is 79.4 Å². The maximum Gasteiger partial charge on any atom is 0.416 e. The highest BCUT2D eigenvalue weighted by Crippen LogP contribution is 2.46. The largest absolute Gasteiger partial charge is 0.490 e. The number of ether oxygens (including phenoxy) is 1. The molecule has 3 aromatic carbocycles. The Hall–Kier alpha value is -3.95. The maximum atomic E-state index is 14.8. The summed E-state index contributed by atoms with van der Waals surface area (Å²) in [5.41, 5.74) is 2.08. The van der Waals surface area contributed by atoms with Crippen molar-refractivity contribution in [1.82, 2.24) is 20.1 Å². The molecule has 6 nitrogen and oxygen atoms in total. The number of hydrogen-bond acceptors (Lipinski definition) is 5. The molecule has 2 aliphatic heterocycles. The number of likely N-dealkylation sites (tertiary alicyclic amines) is 2. The van der Waals surface area contributed by atoms with Crippen molar-refractivity contribution < 1.29 is 22.7 Å². The topological polar surface area (TPSA) is 57.7 Å². The number of benzene rings is 3. The number of fused-ring (bicyclic) bond motifs is 1. The second kappa shape index (κ2) is 13.2. The predicted molar refractivity (Wildman–Crippen MR) is 182 cm³/mol. The standard InChI is InChI=1S/C39H43F3N4O2/c1-26(2)48-33-15-9-14-32-35(33)34(37(47)44-38(18-19-38)28-11-4-3-5-12-28)31(25-45-22-16-30(17-23-45)46-20-6-7-21-46)36(43-32)27-10-8-13-29(24-27)39(40,41)42/h3-5,8-15,24,26,30H,6-7,16-23,25H2,1-2H3,(H,44,47). The molecule has 9 heteroatoms. The van der Waals surface area contributed by atoms with Crippen LogP contribution in [0.3, 0.4) is 0 Å². The van der Waals surface area contributed by atoms with Gasteiger partial charge in [-0.25, -0.2) is 4.98 Å². The number of aromatic nitrogens is 1. The summed E-state index contributed by atoms with van der Waals surface area (Å²) < 4.78 is 48.3. The number of nitrogens with one attached hydrogen (secondary N) is 1. The van der Waals surface area contributed by atoms with Crippen molar-refractivity contribution in [3.05, 3.63) is 95.1 Å². The van der Waals surface area contributed by atoms with E-state index in [1.165, 1.54) is 18.9 Å². The number of carbonyl (C=O) groups is 1. The number of halogens is 3. The number of carbonyl (C=O) groups excluding carboxylic acids is 1. The molecule has 252 valence electrons. The van der Waals surface area contributed by atoms with Crippen LogP contribution < -0.4 is 10.1 Å². The van der Waals surface area contributed by atoms with Crippen LogP contribution in [0.4, 0.5) is 13.2 Å². The van der Waals surface area contributed by atoms with Crippen LogP contribution >= 0.6 is 0 Å². The third-order valence-electron chi connectivity index (χ3n) is 10.2. The lowest BCUT2D eigenvalue weighted by Crippen LogP contribution is -2.44. The predicted octanol–water partition coefficient (Wildman–Crippen LogP) is 8.19. The van der Waals surface area contributed by atoms with Crippen LogP contribution in [0, 0.1) is 0 Å². The molecule has 48 heavy (non-hydrogen) atoms. The van der Waals surface area contributed by atoms with Crippen molar-refractivity contribution in [2.24, 2.45) is 0 Å². The molecule has 1 aromatic heterocycles. The van der Waals surface area contributed by atoms with E-state index in [2.05, 4.69) is 15.1 Å². The van der Waals surface area contributed by atoms with Crippen molar-refractivity contribution in [3.63, 3.8) is 0 Å². The molecule has 7 rings (SSSR count). The van der Waals surface area contributed by atoms with Gasteiger partial charge in [0.15, 0.2) is 0 Å². The van der Waals surface area contributed by atoms with E-state index in [0.29, 0.717) is 51.6 Å². The van der Waals surface area contributed by atoms with Gasteiger partial charge in [0.1, 0.15) is 5.75 Å². The van der Waals surface area contributed by atoms with Gasteiger partial charge in [-0.3, -0.25) is 9.69 Å². The van der Waals surface area contributed by atoms with Gasteiger partial charge in [0.05, 0.1) is 39.4 Å². The van der Waals surface area contributed by atoms with Gasteiger partial charge < -0.3 is 15.0 Å². The zero-order valence-corrected chi connectivity index (χ0v) is 27.7. The third kappa shape index (κ3) is 6.67. The fourth-order valence-corrected chi connectivity index (χ4v) is 7.58. The molecular formula is C39H43F3N4O2. The van der Waals surface area contributed by atoms with Gasteiger partial charge in [-0.2, -0.15) is 13.2 Å². The van der Waals surface area contributed by atoms with Crippen LogP contribution in [0.15, 0.2) is 72.8 Å². The molecule has 0 radical (unpaired) electrons. The quantitative estimate of drug-likeness (QED) is 0.197. The van der Waals surface area contributed by atoms with Gasteiger partial charge in [-0.05, 0) is 108 Å². The van der Waals surface area contributed by atoms with Crippen LogP contribution in [-0.4, -0.2) is 59.0 Å². The normalized spacial score (nSPS) is 18.8. The molecule has 0 bridgehead atoms. The summed E-state index contributed by atoms with van der Waals surface area (Å²) >= 11 is 0. The van der Waals surface area contributed by atoms with Crippen LogP contribution in [0.2, 0.25) is 0 Å². The SMILES string of the molecule is CC(C)Oc1cccc2nc(-c3cccc(C(F)(F)F)c3)c(CN3CCC(N4CCCC4)CC3)c(C(=O)NC3(c4ccccc4)CC3)c12. The fourth-order valence-electron chi connectivity index (χ4n) is 7.58. The van der Waals surface area contributed by atoms with Crippen molar-refractivity contribution in [3.8, 4) is 17.0 Å². The summed E-state index contributed by atoms with van der Waals surface area (Å²) in [4.78, 5) is 24.8. The Balaban J connectivity index is 1.37. The first-order chi connectivity index (χ1) is 23.1. The van der Waals surface area contributed by atoms with Crippen LogP contribution in [0.25, 0.3) is 22.2 Å². The number of hydrogen-bond donors (Lipinski definition) is 1. The number of pyridine rings is 1. The average molecular weight is 657 g/mol. The van der Waals surface area contributed by atoms with E-state index in [0.717, 1.165) is 69.6 Å². The van der Waals surface area contributed by atoms with Crippen molar-refractivity contribution >= 4 is 16.8 Å². The highest BCUT2D eigenvalue weighted by atomic mass is 19.4. The Bertz CT molecular complexity index is 1770. The highest BCUT2D eigenvalue weighted by Gasteiger charge is 2.46. The van der Waals surface area contributed by atoms with Crippen molar-refractivity contribution in [2.75, 3.05) is 26.2 Å². The van der Waals surface area contributed by atoms with Crippen LogP contribution in [0.5, 0.6) is 5.75 Å². The maximum absolute atomic E-state index is 14.8. The highest BCUT2D eigenvalue weighted by molar-refractivity contribution is 6.11. The summed E-state index contributed by atoms with van der Waals surface area (Å²) in [6, 6.07) is 21.3. The molecule has 4 aromatic rings. The van der Waals surface area contributed by atoms with Gasteiger partial charge in [-0.15, -0.1) is 0 Å². The fraction of sp³-hybridized carbons (Fsp3) is 0.436. The Morgan fingerprint density at radius 3 is 2.33 bits per heavy atom. The molecule has 3 fully saturated rings. The van der Waals surface area contributed by atoms with Crippen molar-refractivity contribution in [2.45, 2.75) is 82.8 Å². The van der Waals surface area contributed by atoms with Crippen LogP contribution in [-0.2, 0) is 18.3 Å². The number of piperidine rings is 1. The first kappa shape index (κ1) is 32.6. The molecule has 0 unspecified atom stereocenters. The minimum atomic E-state index is -4.52. The van der Waals surface area contributed by atoms with Gasteiger partial charge in [0, 0.05) is 23.7 Å². The van der Waals surface area contributed by atoms with E-state index in [9.17, 15) is 18.0 Å². The molecule has 0 spiro atoms. The summed E-state index contributed by atoms with van der Waals surface area (Å²) in [6.07, 6.45) is 1.45. The van der Waals surface area contributed by atoms with Crippen molar-refractivity contribution in [1.29, 1.82) is 0 Å². The van der Waals surface area contributed by atoms with Gasteiger partial charge in [-0.1, -0.05) is 48.5 Å². The first-order valence-electron chi connectivity index (χ1n) is 17.3. The molecule has 3 aliphatic rings. The zero-order chi connectivity index (χ0) is 33.5. The van der Waals surface area contributed by atoms with E-state index >= 15 is 0 Å². The summed E-state index contributed by atoms with van der Waals surface area (Å²) in [5.74, 6) is 0.271. The first-order valence-corrected chi connectivity index (χ1v) is 17.3. The summed E-state index contributed by atoms with van der Waals surface area (Å²) in [5, 5.41) is 3.97. The average Bonchev–Trinajstić information content (AvgIpc) is 3.64. The summed E-state index contributed by atoms with van der Waals surface area (Å²) in [6.45, 7) is 8.21. The van der Waals surface area contributed by atoms with E-state index in [-0.39, 0.29) is 12.0 Å². The second-order valence-electron chi connectivity index (χ2n) is 13.9. The number of amides is 1. The Morgan fingerprint density at radius 2 is 1.67 bits per heavy atom. The minimum absolute atomic E-state index is 0.165. The van der Waals surface area contributed by atoms with E-state index in [1.807, 2.05) is 62.4 Å². The molecule has 1 aliphatic carbocycles. The lowest BCUT2D eigenvalue weighted by molar-refractivity contribution is -0.137. The Morgan fingerprint density at radius 1 is 0.958 bits per heavy atom. The summed E-state index contributed by atoms with van der Waals surface area (Å²) in [7, 11) is 0. The van der Waals surface area contributed by atoms with Gasteiger partial charge in [0.25, 0.3) is 5.91 Å². The molecule has 3 heterocycles. The van der Waals surface area contributed by atoms with Gasteiger partial charge in [0.2, 0.25) is 0 Å². The Labute approximate surface area is 280 Å². The lowest BCUT2D eigenvalue weighted by atomic mass is 9.93.